The number of ether oxygens (including phenoxy) is 3. The van der Waals surface area contributed by atoms with Gasteiger partial charge in [-0.25, -0.2) is 4.99 Å². The molecule has 1 aliphatic heterocycles. The molecule has 2 unspecified atom stereocenters. The lowest BCUT2D eigenvalue weighted by atomic mass is 10.3. The van der Waals surface area contributed by atoms with Crippen molar-refractivity contribution in [2.45, 2.75) is 38.9 Å². The molecular weight excluding hydrogens is 318 g/mol. The quantitative estimate of drug-likeness (QED) is 0.385. The van der Waals surface area contributed by atoms with Crippen molar-refractivity contribution in [3.8, 4) is 5.75 Å². The molecule has 1 heterocycles. The Morgan fingerprint density at radius 2 is 2.16 bits per heavy atom. The van der Waals surface area contributed by atoms with Crippen LogP contribution in [0.15, 0.2) is 35.3 Å². The summed E-state index contributed by atoms with van der Waals surface area (Å²) in [6.07, 6.45) is 2.25. The number of benzene rings is 1. The van der Waals surface area contributed by atoms with Crippen LogP contribution in [0.4, 0.5) is 0 Å². The molecule has 1 aromatic carbocycles. The molecule has 2 atom stereocenters. The van der Waals surface area contributed by atoms with Crippen molar-refractivity contribution >= 4 is 5.96 Å². The molecule has 2 N–H and O–H groups in total. The van der Waals surface area contributed by atoms with Crippen molar-refractivity contribution in [1.82, 2.24) is 10.6 Å². The highest BCUT2D eigenvalue weighted by Crippen LogP contribution is 2.10. The second-order valence-electron chi connectivity index (χ2n) is 6.10. The van der Waals surface area contributed by atoms with Gasteiger partial charge in [-0.05, 0) is 38.8 Å². The van der Waals surface area contributed by atoms with E-state index in [9.17, 15) is 0 Å². The second-order valence-corrected chi connectivity index (χ2v) is 6.10. The average Bonchev–Trinajstić information content (AvgIpc) is 3.13. The molecule has 1 aromatic rings. The summed E-state index contributed by atoms with van der Waals surface area (Å²) < 4.78 is 16.9. The van der Waals surface area contributed by atoms with Crippen LogP contribution in [-0.2, 0) is 9.47 Å². The summed E-state index contributed by atoms with van der Waals surface area (Å²) in [5.41, 5.74) is 0. The zero-order chi connectivity index (χ0) is 17.7. The molecule has 1 aliphatic rings. The molecule has 2 rings (SSSR count). The first-order valence-corrected chi connectivity index (χ1v) is 9.21. The normalized spacial score (nSPS) is 18.8. The lowest BCUT2D eigenvalue weighted by Crippen LogP contribution is -2.39. The van der Waals surface area contributed by atoms with E-state index < -0.39 is 0 Å². The summed E-state index contributed by atoms with van der Waals surface area (Å²) in [6, 6.07) is 9.83. The van der Waals surface area contributed by atoms with Gasteiger partial charge in [0.1, 0.15) is 11.9 Å². The fraction of sp³-hybridized carbons (Fsp3) is 0.632. The summed E-state index contributed by atoms with van der Waals surface area (Å²) in [5.74, 6) is 1.69. The molecule has 140 valence electrons. The predicted octanol–water partition coefficient (Wildman–Crippen LogP) is 2.20. The molecule has 6 heteroatoms. The van der Waals surface area contributed by atoms with Gasteiger partial charge < -0.3 is 24.8 Å². The first-order valence-electron chi connectivity index (χ1n) is 9.21. The zero-order valence-electron chi connectivity index (χ0n) is 15.4. The molecule has 0 spiro atoms. The minimum Gasteiger partial charge on any atom is -0.489 e. The van der Waals surface area contributed by atoms with Crippen LogP contribution in [-0.4, -0.2) is 57.6 Å². The van der Waals surface area contributed by atoms with Gasteiger partial charge in [0.15, 0.2) is 5.96 Å². The van der Waals surface area contributed by atoms with Crippen molar-refractivity contribution in [2.75, 3.05) is 39.5 Å². The smallest absolute Gasteiger partial charge is 0.191 e. The molecule has 0 aliphatic carbocycles. The van der Waals surface area contributed by atoms with Crippen molar-refractivity contribution < 1.29 is 14.2 Å². The number of aliphatic imine (C=N–C) groups is 1. The maximum Gasteiger partial charge on any atom is 0.191 e. The van der Waals surface area contributed by atoms with Gasteiger partial charge in [0.2, 0.25) is 0 Å². The Hall–Kier alpha value is -1.79. The molecule has 1 saturated heterocycles. The monoisotopic (exact) mass is 349 g/mol. The maximum atomic E-state index is 5.85. The summed E-state index contributed by atoms with van der Waals surface area (Å²) in [5, 5.41) is 6.59. The Bertz CT molecular complexity index is 490. The first kappa shape index (κ1) is 19.5. The number of rotatable bonds is 10. The average molecular weight is 349 g/mol. The van der Waals surface area contributed by atoms with Gasteiger partial charge in [0.05, 0.1) is 19.3 Å². The van der Waals surface area contributed by atoms with Crippen LogP contribution in [0.5, 0.6) is 5.75 Å². The molecule has 1 fully saturated rings. The Kier molecular flexibility index (Phi) is 9.15. The molecule has 0 aromatic heterocycles. The largest absolute Gasteiger partial charge is 0.489 e. The van der Waals surface area contributed by atoms with E-state index in [1.165, 1.54) is 0 Å². The molecule has 0 amide bonds. The summed E-state index contributed by atoms with van der Waals surface area (Å²) >= 11 is 0. The Morgan fingerprint density at radius 3 is 2.88 bits per heavy atom. The lowest BCUT2D eigenvalue weighted by Gasteiger charge is -2.15. The third-order valence-electron chi connectivity index (χ3n) is 3.79. The van der Waals surface area contributed by atoms with Gasteiger partial charge in [0.25, 0.3) is 0 Å². The third kappa shape index (κ3) is 8.23. The number of guanidine groups is 1. The number of para-hydroxylation sites is 1. The summed E-state index contributed by atoms with van der Waals surface area (Å²) in [6.45, 7) is 8.64. The third-order valence-corrected chi connectivity index (χ3v) is 3.79. The van der Waals surface area contributed by atoms with Gasteiger partial charge in [-0.3, -0.25) is 0 Å². The summed E-state index contributed by atoms with van der Waals surface area (Å²) in [4.78, 5) is 4.59. The van der Waals surface area contributed by atoms with Crippen LogP contribution in [0.25, 0.3) is 0 Å². The van der Waals surface area contributed by atoms with E-state index in [1.807, 2.05) is 37.3 Å². The fourth-order valence-corrected chi connectivity index (χ4v) is 2.50. The Morgan fingerprint density at radius 1 is 1.32 bits per heavy atom. The number of hydrogen-bond acceptors (Lipinski definition) is 4. The van der Waals surface area contributed by atoms with E-state index in [4.69, 9.17) is 14.2 Å². The number of nitrogens with zero attached hydrogens (tertiary/aromatic N) is 1. The minimum atomic E-state index is 0.0172. The highest BCUT2D eigenvalue weighted by Gasteiger charge is 2.15. The van der Waals surface area contributed by atoms with Crippen molar-refractivity contribution in [3.63, 3.8) is 0 Å². The zero-order valence-corrected chi connectivity index (χ0v) is 15.4. The first-order chi connectivity index (χ1) is 12.3. The van der Waals surface area contributed by atoms with Crippen LogP contribution in [0.3, 0.4) is 0 Å². The Labute approximate surface area is 151 Å². The molecule has 6 nitrogen and oxygen atoms in total. The van der Waals surface area contributed by atoms with Gasteiger partial charge in [0, 0.05) is 26.3 Å². The van der Waals surface area contributed by atoms with E-state index in [0.717, 1.165) is 57.5 Å². The van der Waals surface area contributed by atoms with Crippen molar-refractivity contribution in [2.24, 2.45) is 4.99 Å². The molecule has 0 bridgehead atoms. The maximum absolute atomic E-state index is 5.85. The predicted molar refractivity (Wildman–Crippen MR) is 100 cm³/mol. The van der Waals surface area contributed by atoms with E-state index >= 15 is 0 Å². The van der Waals surface area contributed by atoms with Crippen molar-refractivity contribution in [1.29, 1.82) is 0 Å². The Balaban J connectivity index is 1.64. The highest BCUT2D eigenvalue weighted by atomic mass is 16.5. The van der Waals surface area contributed by atoms with Crippen LogP contribution in [0, 0.1) is 0 Å². The van der Waals surface area contributed by atoms with E-state index in [1.54, 1.807) is 0 Å². The van der Waals surface area contributed by atoms with Crippen LogP contribution >= 0.6 is 0 Å². The molecular formula is C19H31N3O3. The highest BCUT2D eigenvalue weighted by molar-refractivity contribution is 5.79. The number of hydrogen-bond donors (Lipinski definition) is 2. The van der Waals surface area contributed by atoms with Crippen LogP contribution < -0.4 is 15.4 Å². The standard InChI is InChI=1S/C19H31N3O3/c1-3-20-19(21-11-7-12-24-18-10-13-23-15-18)22-14-16(2)25-17-8-5-4-6-9-17/h4-6,8-9,16,18H,3,7,10-15H2,1-2H3,(H2,20,21,22). The van der Waals surface area contributed by atoms with Gasteiger partial charge >= 0.3 is 0 Å². The van der Waals surface area contributed by atoms with E-state index in [-0.39, 0.29) is 12.2 Å². The lowest BCUT2D eigenvalue weighted by molar-refractivity contribution is 0.0420. The topological polar surface area (TPSA) is 64.1 Å². The fourth-order valence-electron chi connectivity index (χ4n) is 2.50. The second kappa shape index (κ2) is 11.7. The van der Waals surface area contributed by atoms with Gasteiger partial charge in [-0.15, -0.1) is 0 Å². The van der Waals surface area contributed by atoms with Crippen LogP contribution in [0.2, 0.25) is 0 Å². The van der Waals surface area contributed by atoms with Gasteiger partial charge in [-0.1, -0.05) is 18.2 Å². The van der Waals surface area contributed by atoms with E-state index in [2.05, 4.69) is 22.5 Å². The number of nitrogens with one attached hydrogen (secondary N) is 2. The van der Waals surface area contributed by atoms with Gasteiger partial charge in [-0.2, -0.15) is 0 Å². The van der Waals surface area contributed by atoms with Crippen LogP contribution in [0.1, 0.15) is 26.7 Å². The molecule has 0 saturated carbocycles. The SMILES string of the molecule is CCNC(=NCC(C)Oc1ccccc1)NCCCOC1CCOC1. The van der Waals surface area contributed by atoms with Crippen molar-refractivity contribution in [3.05, 3.63) is 30.3 Å². The van der Waals surface area contributed by atoms with E-state index in [0.29, 0.717) is 6.54 Å². The molecule has 25 heavy (non-hydrogen) atoms. The molecule has 0 radical (unpaired) electrons. The minimum absolute atomic E-state index is 0.0172. The summed E-state index contributed by atoms with van der Waals surface area (Å²) in [7, 11) is 0.